The fourth-order valence-corrected chi connectivity index (χ4v) is 3.93. The molecule has 0 aliphatic heterocycles. The normalized spacial score (nSPS) is 12.5. The van der Waals surface area contributed by atoms with Crippen LogP contribution in [0.1, 0.15) is 19.4 Å². The second-order valence-corrected chi connectivity index (χ2v) is 8.25. The van der Waals surface area contributed by atoms with Crippen molar-refractivity contribution in [1.82, 2.24) is 15.0 Å². The molecule has 0 bridgehead atoms. The van der Waals surface area contributed by atoms with E-state index in [1.807, 2.05) is 73.7 Å². The highest BCUT2D eigenvalue weighted by Gasteiger charge is 2.16. The van der Waals surface area contributed by atoms with Crippen LogP contribution in [0.15, 0.2) is 89.2 Å². The Kier molecular flexibility index (Phi) is 7.70. The maximum atomic E-state index is 12.6. The van der Waals surface area contributed by atoms with Crippen LogP contribution in [0.25, 0.3) is 11.3 Å². The molecule has 7 heteroatoms. The first kappa shape index (κ1) is 22.4. The Balaban J connectivity index is 1.59. The van der Waals surface area contributed by atoms with Crippen molar-refractivity contribution in [2.75, 3.05) is 12.4 Å². The Morgan fingerprint density at radius 1 is 1.00 bits per heavy atom. The van der Waals surface area contributed by atoms with Crippen LogP contribution in [0.3, 0.4) is 0 Å². The van der Waals surface area contributed by atoms with Crippen molar-refractivity contribution in [1.29, 1.82) is 5.41 Å². The van der Waals surface area contributed by atoms with E-state index in [1.54, 1.807) is 20.2 Å². The summed E-state index contributed by atoms with van der Waals surface area (Å²) in [6.07, 6.45) is 1.79. The molecule has 0 saturated carbocycles. The molecule has 0 saturated heterocycles. The summed E-state index contributed by atoms with van der Waals surface area (Å²) in [5.41, 5.74) is 5.78. The van der Waals surface area contributed by atoms with E-state index in [-0.39, 0.29) is 0 Å². The van der Waals surface area contributed by atoms with Crippen LogP contribution in [0.4, 0.5) is 5.69 Å². The minimum atomic E-state index is -1.44. The molecule has 1 atom stereocenters. The fourth-order valence-electron chi connectivity index (χ4n) is 2.94. The van der Waals surface area contributed by atoms with Crippen molar-refractivity contribution < 1.29 is 4.55 Å². The second-order valence-electron chi connectivity index (χ2n) is 7.04. The van der Waals surface area contributed by atoms with E-state index < -0.39 is 11.4 Å². The number of aromatic nitrogens is 1. The van der Waals surface area contributed by atoms with Crippen molar-refractivity contribution in [2.45, 2.75) is 25.3 Å². The van der Waals surface area contributed by atoms with Crippen LogP contribution >= 0.6 is 0 Å². The van der Waals surface area contributed by atoms with Crippen molar-refractivity contribution >= 4 is 22.8 Å². The monoisotopic (exact) mass is 433 g/mol. The summed E-state index contributed by atoms with van der Waals surface area (Å²) < 4.78 is 15.6. The van der Waals surface area contributed by atoms with Crippen LogP contribution in [0, 0.1) is 5.41 Å². The first-order chi connectivity index (χ1) is 15.0. The van der Waals surface area contributed by atoms with Crippen molar-refractivity contribution in [2.24, 2.45) is 0 Å². The molecule has 2 aromatic carbocycles. The van der Waals surface area contributed by atoms with Gasteiger partial charge in [-0.25, -0.2) is 0 Å². The summed E-state index contributed by atoms with van der Waals surface area (Å²) in [6, 6.07) is 21.6. The van der Waals surface area contributed by atoms with Gasteiger partial charge in [0.05, 0.1) is 11.4 Å². The summed E-state index contributed by atoms with van der Waals surface area (Å²) in [5.74, 6) is 0. The standard InChI is InChI=1S/C24H27N5OS/c1-17(25)24(18(2)26-3)29-31(30)22-13-7-19(8-14-22)16-28-21-11-9-20(10-12-21)23-6-4-5-15-27-23/h4-15,25-26,28-29H,16H2,1-3H3/b24-18+,25-17?. The maximum Gasteiger partial charge on any atom is 0.179 e. The lowest BCUT2D eigenvalue weighted by Crippen LogP contribution is -2.29. The summed E-state index contributed by atoms with van der Waals surface area (Å²) in [5, 5.41) is 14.3. The van der Waals surface area contributed by atoms with E-state index in [2.05, 4.69) is 20.3 Å². The predicted molar refractivity (Wildman–Crippen MR) is 128 cm³/mol. The molecule has 0 radical (unpaired) electrons. The Morgan fingerprint density at radius 2 is 1.71 bits per heavy atom. The summed E-state index contributed by atoms with van der Waals surface area (Å²) in [6.45, 7) is 4.17. The summed E-state index contributed by atoms with van der Waals surface area (Å²) in [7, 11) is 1.77. The number of hydrogen-bond donors (Lipinski definition) is 4. The predicted octanol–water partition coefficient (Wildman–Crippen LogP) is 4.46. The summed E-state index contributed by atoms with van der Waals surface area (Å²) in [4.78, 5) is 5.03. The molecule has 6 nitrogen and oxygen atoms in total. The van der Waals surface area contributed by atoms with Gasteiger partial charge >= 0.3 is 0 Å². The molecule has 1 unspecified atom stereocenters. The molecule has 160 valence electrons. The zero-order valence-corrected chi connectivity index (χ0v) is 18.7. The van der Waals surface area contributed by atoms with Gasteiger partial charge < -0.3 is 20.6 Å². The lowest BCUT2D eigenvalue weighted by atomic mass is 10.1. The molecule has 0 spiro atoms. The number of nitrogens with one attached hydrogen (secondary N) is 4. The lowest BCUT2D eigenvalue weighted by Gasteiger charge is -2.16. The minimum absolute atomic E-state index is 0.329. The molecule has 0 aliphatic rings. The van der Waals surface area contributed by atoms with Gasteiger partial charge in [0.25, 0.3) is 0 Å². The SMILES string of the molecule is CN/C(C)=C(/N[S+]([O-])c1ccc(CNc2ccc(-c3ccccn3)cc2)cc1)C(C)=N. The Labute approximate surface area is 186 Å². The summed E-state index contributed by atoms with van der Waals surface area (Å²) >= 11 is -1.44. The average molecular weight is 434 g/mol. The molecule has 1 aromatic heterocycles. The van der Waals surface area contributed by atoms with E-state index >= 15 is 0 Å². The van der Waals surface area contributed by atoms with E-state index in [0.29, 0.717) is 22.8 Å². The van der Waals surface area contributed by atoms with Crippen LogP contribution in [-0.4, -0.2) is 22.3 Å². The van der Waals surface area contributed by atoms with Crippen molar-refractivity contribution in [3.63, 3.8) is 0 Å². The van der Waals surface area contributed by atoms with Gasteiger partial charge in [0.15, 0.2) is 4.90 Å². The number of hydrogen-bond acceptors (Lipinski definition) is 6. The lowest BCUT2D eigenvalue weighted by molar-refractivity contribution is 0.588. The van der Waals surface area contributed by atoms with Gasteiger partial charge in [-0.05, 0) is 55.8 Å². The van der Waals surface area contributed by atoms with Crippen molar-refractivity contribution in [3.05, 3.63) is 89.9 Å². The largest absolute Gasteiger partial charge is 0.588 e. The van der Waals surface area contributed by atoms with Gasteiger partial charge in [-0.3, -0.25) is 4.98 Å². The highest BCUT2D eigenvalue weighted by molar-refractivity contribution is 7.89. The topological polar surface area (TPSA) is 95.9 Å². The third kappa shape index (κ3) is 6.10. The Morgan fingerprint density at radius 3 is 2.29 bits per heavy atom. The molecule has 3 rings (SSSR count). The molecule has 1 heterocycles. The quantitative estimate of drug-likeness (QED) is 0.295. The highest BCUT2D eigenvalue weighted by Crippen LogP contribution is 2.20. The van der Waals surface area contributed by atoms with Crippen LogP contribution in [-0.2, 0) is 17.9 Å². The van der Waals surface area contributed by atoms with Crippen LogP contribution in [0.2, 0.25) is 0 Å². The molecule has 31 heavy (non-hydrogen) atoms. The number of benzene rings is 2. The van der Waals surface area contributed by atoms with Gasteiger partial charge in [0.1, 0.15) is 17.1 Å². The molecule has 0 aliphatic carbocycles. The third-order valence-electron chi connectivity index (χ3n) is 4.80. The molecule has 3 aromatic rings. The number of nitrogens with zero attached hydrogens (tertiary/aromatic N) is 1. The fraction of sp³-hybridized carbons (Fsp3) is 0.167. The molecule has 0 fully saturated rings. The second kappa shape index (κ2) is 10.7. The van der Waals surface area contributed by atoms with E-state index in [0.717, 1.165) is 28.2 Å². The smallest absolute Gasteiger partial charge is 0.179 e. The zero-order chi connectivity index (χ0) is 22.2. The number of allylic oxidation sites excluding steroid dienone is 2. The van der Waals surface area contributed by atoms with Crippen LogP contribution < -0.4 is 15.4 Å². The first-order valence-corrected chi connectivity index (χ1v) is 11.1. The third-order valence-corrected chi connectivity index (χ3v) is 5.89. The molecule has 4 N–H and O–H groups in total. The van der Waals surface area contributed by atoms with Gasteiger partial charge in [-0.1, -0.05) is 30.3 Å². The van der Waals surface area contributed by atoms with E-state index in [9.17, 15) is 4.55 Å². The van der Waals surface area contributed by atoms with Gasteiger partial charge in [0, 0.05) is 36.7 Å². The van der Waals surface area contributed by atoms with Crippen LogP contribution in [0.5, 0.6) is 0 Å². The van der Waals surface area contributed by atoms with Gasteiger partial charge in [0.2, 0.25) is 0 Å². The highest BCUT2D eigenvalue weighted by atomic mass is 32.2. The molecule has 0 amide bonds. The number of pyridine rings is 1. The maximum absolute atomic E-state index is 12.6. The Hall–Kier alpha value is -3.29. The zero-order valence-electron chi connectivity index (χ0n) is 17.9. The Bertz CT molecular complexity index is 1030. The number of anilines is 1. The van der Waals surface area contributed by atoms with E-state index in [4.69, 9.17) is 5.41 Å². The first-order valence-electron chi connectivity index (χ1n) is 9.95. The average Bonchev–Trinajstić information content (AvgIpc) is 2.81. The molecular formula is C24H27N5OS. The number of rotatable bonds is 9. The molecular weight excluding hydrogens is 406 g/mol. The van der Waals surface area contributed by atoms with E-state index in [1.165, 1.54) is 0 Å². The van der Waals surface area contributed by atoms with Gasteiger partial charge in [-0.2, -0.15) is 4.72 Å². The van der Waals surface area contributed by atoms with Crippen molar-refractivity contribution in [3.8, 4) is 11.3 Å². The van der Waals surface area contributed by atoms with Gasteiger partial charge in [-0.15, -0.1) is 0 Å². The minimum Gasteiger partial charge on any atom is -0.588 e.